The third-order valence-corrected chi connectivity index (χ3v) is 4.82. The molecule has 0 amide bonds. The molecule has 0 aliphatic heterocycles. The predicted molar refractivity (Wildman–Crippen MR) is 71.5 cm³/mol. The Hall–Kier alpha value is -0.260. The first kappa shape index (κ1) is 12.2. The average molecular weight is 220 g/mol. The molecule has 1 atom stereocenters. The minimum absolute atomic E-state index is 1.04. The molecular weight excluding hydrogens is 192 g/mol. The zero-order chi connectivity index (χ0) is 11.2. The molecule has 2 rings (SSSR count). The first-order valence-electron chi connectivity index (χ1n) is 7.58. The van der Waals surface area contributed by atoms with Crippen LogP contribution in [0.1, 0.15) is 77.6 Å². The molecule has 0 saturated heterocycles. The molecule has 0 heteroatoms. The summed E-state index contributed by atoms with van der Waals surface area (Å²) >= 11 is 0. The second kappa shape index (κ2) is 6.47. The molecule has 0 bridgehead atoms. The maximum Gasteiger partial charge on any atom is -0.0317 e. The maximum absolute atomic E-state index is 2.56. The summed E-state index contributed by atoms with van der Waals surface area (Å²) in [4.78, 5) is 0. The normalized spacial score (nSPS) is 29.3. The smallest absolute Gasteiger partial charge is 0.0317 e. The second-order valence-electron chi connectivity index (χ2n) is 5.86. The molecule has 2 aliphatic rings. The van der Waals surface area contributed by atoms with Crippen LogP contribution in [-0.4, -0.2) is 0 Å². The lowest BCUT2D eigenvalue weighted by molar-refractivity contribution is 0.246. The number of allylic oxidation sites excluding steroid dienone is 2. The number of hydrogen-bond acceptors (Lipinski definition) is 0. The van der Waals surface area contributed by atoms with Gasteiger partial charge in [-0.25, -0.2) is 0 Å². The molecule has 0 radical (unpaired) electrons. The SMILES string of the molecule is CCC1=CCC(C2CCCCCCC2)CC1. The summed E-state index contributed by atoms with van der Waals surface area (Å²) in [6.45, 7) is 2.31. The van der Waals surface area contributed by atoms with Crippen molar-refractivity contribution < 1.29 is 0 Å². The van der Waals surface area contributed by atoms with Crippen molar-refractivity contribution in [2.45, 2.75) is 77.6 Å². The van der Waals surface area contributed by atoms with Gasteiger partial charge in [0.25, 0.3) is 0 Å². The summed E-state index contributed by atoms with van der Waals surface area (Å²) < 4.78 is 0. The zero-order valence-electron chi connectivity index (χ0n) is 11.0. The van der Waals surface area contributed by atoms with Gasteiger partial charge in [-0.15, -0.1) is 0 Å². The Bertz CT molecular complexity index is 218. The van der Waals surface area contributed by atoms with Gasteiger partial charge in [-0.2, -0.15) is 0 Å². The van der Waals surface area contributed by atoms with Crippen LogP contribution in [0.4, 0.5) is 0 Å². The summed E-state index contributed by atoms with van der Waals surface area (Å²) in [6.07, 6.45) is 18.7. The van der Waals surface area contributed by atoms with Crippen LogP contribution in [-0.2, 0) is 0 Å². The van der Waals surface area contributed by atoms with Crippen molar-refractivity contribution in [3.63, 3.8) is 0 Å². The fourth-order valence-electron chi connectivity index (χ4n) is 3.62. The van der Waals surface area contributed by atoms with Crippen molar-refractivity contribution in [2.75, 3.05) is 0 Å². The molecule has 2 aliphatic carbocycles. The fourth-order valence-corrected chi connectivity index (χ4v) is 3.62. The van der Waals surface area contributed by atoms with Crippen LogP contribution in [0.25, 0.3) is 0 Å². The van der Waals surface area contributed by atoms with E-state index in [0.717, 1.165) is 11.8 Å². The molecule has 0 N–H and O–H groups in total. The van der Waals surface area contributed by atoms with Gasteiger partial charge in [-0.1, -0.05) is 63.5 Å². The molecule has 0 nitrogen and oxygen atoms in total. The van der Waals surface area contributed by atoms with Gasteiger partial charge < -0.3 is 0 Å². The van der Waals surface area contributed by atoms with Crippen LogP contribution in [0.15, 0.2) is 11.6 Å². The van der Waals surface area contributed by atoms with Gasteiger partial charge in [0.15, 0.2) is 0 Å². The maximum atomic E-state index is 2.56. The quantitative estimate of drug-likeness (QED) is 0.540. The highest BCUT2D eigenvalue weighted by molar-refractivity contribution is 5.06. The van der Waals surface area contributed by atoms with E-state index in [-0.39, 0.29) is 0 Å². The highest BCUT2D eigenvalue weighted by Gasteiger charge is 2.23. The van der Waals surface area contributed by atoms with Crippen molar-refractivity contribution in [1.82, 2.24) is 0 Å². The van der Waals surface area contributed by atoms with E-state index in [1.54, 1.807) is 5.57 Å². The second-order valence-corrected chi connectivity index (χ2v) is 5.86. The van der Waals surface area contributed by atoms with E-state index in [1.807, 2.05) is 0 Å². The summed E-state index contributed by atoms with van der Waals surface area (Å²) in [5.74, 6) is 2.10. The lowest BCUT2D eigenvalue weighted by Crippen LogP contribution is -2.18. The Balaban J connectivity index is 1.84. The van der Waals surface area contributed by atoms with Gasteiger partial charge >= 0.3 is 0 Å². The monoisotopic (exact) mass is 220 g/mol. The highest BCUT2D eigenvalue weighted by Crippen LogP contribution is 2.36. The fraction of sp³-hybridized carbons (Fsp3) is 0.875. The number of rotatable bonds is 2. The summed E-state index contributed by atoms with van der Waals surface area (Å²) in [5, 5.41) is 0. The van der Waals surface area contributed by atoms with Crippen LogP contribution in [0.2, 0.25) is 0 Å². The summed E-state index contributed by atoms with van der Waals surface area (Å²) in [5.41, 5.74) is 1.72. The molecule has 1 fully saturated rings. The minimum atomic E-state index is 1.04. The standard InChI is InChI=1S/C16H28/c1-2-14-10-12-16(13-11-14)15-8-6-4-3-5-7-9-15/h10,15-16H,2-9,11-13H2,1H3. The van der Waals surface area contributed by atoms with Gasteiger partial charge in [0.1, 0.15) is 0 Å². The van der Waals surface area contributed by atoms with E-state index in [9.17, 15) is 0 Å². The van der Waals surface area contributed by atoms with Crippen LogP contribution in [0, 0.1) is 11.8 Å². The van der Waals surface area contributed by atoms with Crippen LogP contribution in [0.3, 0.4) is 0 Å². The van der Waals surface area contributed by atoms with Crippen LogP contribution in [0.5, 0.6) is 0 Å². The van der Waals surface area contributed by atoms with Crippen LogP contribution >= 0.6 is 0 Å². The Morgan fingerprint density at radius 1 is 0.938 bits per heavy atom. The molecule has 0 aromatic heterocycles. The molecule has 0 heterocycles. The lowest BCUT2D eigenvalue weighted by Gasteiger charge is -2.31. The first-order valence-corrected chi connectivity index (χ1v) is 7.58. The van der Waals surface area contributed by atoms with E-state index in [1.165, 1.54) is 70.6 Å². The molecule has 1 saturated carbocycles. The van der Waals surface area contributed by atoms with E-state index in [2.05, 4.69) is 13.0 Å². The largest absolute Gasteiger partial charge is 0.0851 e. The van der Waals surface area contributed by atoms with Gasteiger partial charge in [0.2, 0.25) is 0 Å². The Kier molecular flexibility index (Phi) is 4.93. The lowest BCUT2D eigenvalue weighted by atomic mass is 9.75. The average Bonchev–Trinajstić information content (AvgIpc) is 2.29. The highest BCUT2D eigenvalue weighted by atomic mass is 14.3. The third kappa shape index (κ3) is 3.37. The molecule has 0 aromatic rings. The summed E-state index contributed by atoms with van der Waals surface area (Å²) in [7, 11) is 0. The van der Waals surface area contributed by atoms with Crippen molar-refractivity contribution in [3.8, 4) is 0 Å². The Labute approximate surface area is 102 Å². The molecule has 16 heavy (non-hydrogen) atoms. The van der Waals surface area contributed by atoms with Gasteiger partial charge in [-0.3, -0.25) is 0 Å². The van der Waals surface area contributed by atoms with Gasteiger partial charge in [0, 0.05) is 0 Å². The van der Waals surface area contributed by atoms with Crippen molar-refractivity contribution >= 4 is 0 Å². The predicted octanol–water partition coefficient (Wildman–Crippen LogP) is 5.48. The van der Waals surface area contributed by atoms with Crippen molar-refractivity contribution in [3.05, 3.63) is 11.6 Å². The van der Waals surface area contributed by atoms with E-state index in [0.29, 0.717) is 0 Å². The Morgan fingerprint density at radius 2 is 1.62 bits per heavy atom. The number of hydrogen-bond donors (Lipinski definition) is 0. The topological polar surface area (TPSA) is 0 Å². The van der Waals surface area contributed by atoms with E-state index >= 15 is 0 Å². The van der Waals surface area contributed by atoms with E-state index in [4.69, 9.17) is 0 Å². The first-order chi connectivity index (χ1) is 7.90. The Morgan fingerprint density at radius 3 is 2.19 bits per heavy atom. The molecule has 0 aromatic carbocycles. The van der Waals surface area contributed by atoms with Crippen molar-refractivity contribution in [2.24, 2.45) is 11.8 Å². The molecule has 92 valence electrons. The molecule has 0 spiro atoms. The molecular formula is C16H28. The zero-order valence-corrected chi connectivity index (χ0v) is 11.0. The van der Waals surface area contributed by atoms with Crippen LogP contribution < -0.4 is 0 Å². The third-order valence-electron chi connectivity index (χ3n) is 4.82. The van der Waals surface area contributed by atoms with Gasteiger partial charge in [-0.05, 0) is 37.5 Å². The van der Waals surface area contributed by atoms with Crippen molar-refractivity contribution in [1.29, 1.82) is 0 Å². The van der Waals surface area contributed by atoms with E-state index < -0.39 is 0 Å². The van der Waals surface area contributed by atoms with Gasteiger partial charge in [0.05, 0.1) is 0 Å². The summed E-state index contributed by atoms with van der Waals surface area (Å²) in [6, 6.07) is 0. The minimum Gasteiger partial charge on any atom is -0.0851 e. The molecule has 1 unspecified atom stereocenters.